The fourth-order valence-electron chi connectivity index (χ4n) is 4.23. The monoisotopic (exact) mass is 560 g/mol. The van der Waals surface area contributed by atoms with Crippen molar-refractivity contribution >= 4 is 28.8 Å². The highest BCUT2D eigenvalue weighted by Crippen LogP contribution is 2.31. The van der Waals surface area contributed by atoms with Crippen LogP contribution < -0.4 is 27.4 Å². The molecule has 2 heterocycles. The average Bonchev–Trinajstić information content (AvgIpc) is 3.42. The topological polar surface area (TPSA) is 127 Å². The van der Waals surface area contributed by atoms with Gasteiger partial charge < -0.3 is 32.2 Å². The molecule has 208 valence electrons. The van der Waals surface area contributed by atoms with E-state index in [2.05, 4.69) is 27.5 Å². The van der Waals surface area contributed by atoms with Gasteiger partial charge in [-0.2, -0.15) is 0 Å². The molecule has 1 aliphatic rings. The van der Waals surface area contributed by atoms with Crippen molar-refractivity contribution in [3.63, 3.8) is 0 Å². The summed E-state index contributed by atoms with van der Waals surface area (Å²) in [6, 6.07) is 15.5. The SMILES string of the molecule is C=C/N=C(/N)c1cc(-c2ccc(CNC3=C(C(=O)N[C@@H](C)c4ccc(F)cc4)C(OCC)=CCN3)s2)ccc1N. The number of nitrogen functional groups attached to an aromatic ring is 1. The highest BCUT2D eigenvalue weighted by Gasteiger charge is 2.26. The molecule has 7 N–H and O–H groups in total. The maximum atomic E-state index is 13.4. The lowest BCUT2D eigenvalue weighted by molar-refractivity contribution is -0.118. The molecule has 4 rings (SSSR count). The minimum atomic E-state index is -0.332. The number of rotatable bonds is 11. The molecule has 40 heavy (non-hydrogen) atoms. The number of hydrogen-bond donors (Lipinski definition) is 5. The van der Waals surface area contributed by atoms with Crippen molar-refractivity contribution in [2.45, 2.75) is 26.4 Å². The Balaban J connectivity index is 1.53. The number of halogens is 1. The molecule has 8 nitrogen and oxygen atoms in total. The second kappa shape index (κ2) is 13.0. The smallest absolute Gasteiger partial charge is 0.259 e. The number of aliphatic imine (C=N–C) groups is 1. The van der Waals surface area contributed by atoms with Gasteiger partial charge in [0.25, 0.3) is 5.91 Å². The van der Waals surface area contributed by atoms with Crippen molar-refractivity contribution in [3.05, 3.63) is 112 Å². The van der Waals surface area contributed by atoms with Gasteiger partial charge in [0.1, 0.15) is 28.8 Å². The standard InChI is InChI=1S/C30H33FN6O2S/c1-4-34-28(33)23-16-20(8-12-24(23)32)26-13-11-22(40-26)17-36-29-27(25(39-5-2)14-15-35-29)30(38)37-18(3)19-6-9-21(31)10-7-19/h4,6-14,16,18,35-36H,1,5,15,17,32H2,2-3H3,(H2,33,34)(H,37,38)/t18-/m0/s1. The molecule has 0 bridgehead atoms. The van der Waals surface area contributed by atoms with Crippen LogP contribution in [0, 0.1) is 5.82 Å². The fraction of sp³-hybridized carbons (Fsp3) is 0.200. The maximum absolute atomic E-state index is 13.4. The van der Waals surface area contributed by atoms with E-state index in [-0.39, 0.29) is 17.8 Å². The van der Waals surface area contributed by atoms with Crippen molar-refractivity contribution in [2.75, 3.05) is 18.9 Å². The van der Waals surface area contributed by atoms with Crippen LogP contribution in [0.5, 0.6) is 0 Å². The lowest BCUT2D eigenvalue weighted by atomic mass is 10.1. The number of hydrogen-bond acceptors (Lipinski definition) is 7. The lowest BCUT2D eigenvalue weighted by Gasteiger charge is -2.25. The summed E-state index contributed by atoms with van der Waals surface area (Å²) in [7, 11) is 0. The zero-order valence-corrected chi connectivity index (χ0v) is 23.3. The molecule has 10 heteroatoms. The quantitative estimate of drug-likeness (QED) is 0.132. The van der Waals surface area contributed by atoms with E-state index in [1.54, 1.807) is 23.5 Å². The Kier molecular flexibility index (Phi) is 9.23. The van der Waals surface area contributed by atoms with Gasteiger partial charge in [-0.1, -0.05) is 24.8 Å². The van der Waals surface area contributed by atoms with E-state index in [0.29, 0.717) is 53.9 Å². The van der Waals surface area contributed by atoms with Crippen molar-refractivity contribution in [1.29, 1.82) is 0 Å². The van der Waals surface area contributed by atoms with Crippen molar-refractivity contribution in [2.24, 2.45) is 10.7 Å². The first kappa shape index (κ1) is 28.4. The normalized spacial score (nSPS) is 14.2. The summed E-state index contributed by atoms with van der Waals surface area (Å²) in [6.07, 6.45) is 3.23. The summed E-state index contributed by atoms with van der Waals surface area (Å²) >= 11 is 1.61. The zero-order chi connectivity index (χ0) is 28.6. The van der Waals surface area contributed by atoms with Gasteiger partial charge in [-0.3, -0.25) is 4.79 Å². The third-order valence-electron chi connectivity index (χ3n) is 6.25. The summed E-state index contributed by atoms with van der Waals surface area (Å²) in [4.78, 5) is 19.6. The van der Waals surface area contributed by atoms with Gasteiger partial charge in [-0.05, 0) is 67.4 Å². The molecule has 3 aromatic rings. The molecule has 1 aliphatic heterocycles. The largest absolute Gasteiger partial charge is 0.493 e. The number of anilines is 1. The molecule has 2 aromatic carbocycles. The van der Waals surface area contributed by atoms with Gasteiger partial charge in [0, 0.05) is 33.7 Å². The van der Waals surface area contributed by atoms with Gasteiger partial charge in [-0.15, -0.1) is 11.3 Å². The first-order valence-electron chi connectivity index (χ1n) is 12.9. The Morgan fingerprint density at radius 3 is 2.75 bits per heavy atom. The van der Waals surface area contributed by atoms with E-state index in [1.807, 2.05) is 50.3 Å². The molecule has 1 amide bonds. The number of ether oxygens (including phenoxy) is 1. The lowest BCUT2D eigenvalue weighted by Crippen LogP contribution is -2.38. The molecule has 0 spiro atoms. The van der Waals surface area contributed by atoms with Gasteiger partial charge in [0.15, 0.2) is 0 Å². The van der Waals surface area contributed by atoms with Crippen LogP contribution in [-0.4, -0.2) is 24.9 Å². The first-order valence-corrected chi connectivity index (χ1v) is 13.7. The number of carbonyl (C=O) groups is 1. The Morgan fingerprint density at radius 1 is 1.25 bits per heavy atom. The van der Waals surface area contributed by atoms with E-state index in [0.717, 1.165) is 20.9 Å². The molecule has 1 aromatic heterocycles. The number of benzene rings is 2. The van der Waals surface area contributed by atoms with E-state index in [9.17, 15) is 9.18 Å². The average molecular weight is 561 g/mol. The van der Waals surface area contributed by atoms with E-state index >= 15 is 0 Å². The minimum absolute atomic E-state index is 0.300. The second-order valence-electron chi connectivity index (χ2n) is 9.00. The summed E-state index contributed by atoms with van der Waals surface area (Å²) in [5, 5.41) is 9.64. The number of dihydropyridines is 1. The highest BCUT2D eigenvalue weighted by molar-refractivity contribution is 7.15. The van der Waals surface area contributed by atoms with Crippen LogP contribution in [0.4, 0.5) is 10.1 Å². The molecule has 0 aliphatic carbocycles. The Bertz CT molecular complexity index is 1480. The predicted molar refractivity (Wildman–Crippen MR) is 160 cm³/mol. The Hall–Kier alpha value is -4.57. The first-order chi connectivity index (χ1) is 19.3. The zero-order valence-electron chi connectivity index (χ0n) is 22.5. The summed E-state index contributed by atoms with van der Waals surface area (Å²) in [6.45, 7) is 8.73. The van der Waals surface area contributed by atoms with Crippen LogP contribution in [0.25, 0.3) is 10.4 Å². The fourth-order valence-corrected chi connectivity index (χ4v) is 5.17. The van der Waals surface area contributed by atoms with Crippen molar-refractivity contribution in [3.8, 4) is 10.4 Å². The summed E-state index contributed by atoms with van der Waals surface area (Å²) < 4.78 is 19.2. The number of nitrogens with zero attached hydrogens (tertiary/aromatic N) is 1. The number of nitrogens with two attached hydrogens (primary N) is 2. The molecule has 0 radical (unpaired) electrons. The van der Waals surface area contributed by atoms with Crippen LogP contribution in [0.2, 0.25) is 0 Å². The van der Waals surface area contributed by atoms with Gasteiger partial charge in [0.2, 0.25) is 0 Å². The van der Waals surface area contributed by atoms with E-state index in [4.69, 9.17) is 16.2 Å². The Morgan fingerprint density at radius 2 is 2.02 bits per heavy atom. The van der Waals surface area contributed by atoms with Gasteiger partial charge in [0.05, 0.1) is 19.2 Å². The van der Waals surface area contributed by atoms with E-state index < -0.39 is 0 Å². The Labute approximate surface area is 237 Å². The van der Waals surface area contributed by atoms with E-state index in [1.165, 1.54) is 18.3 Å². The second-order valence-corrected chi connectivity index (χ2v) is 10.2. The number of amides is 1. The van der Waals surface area contributed by atoms with Crippen LogP contribution in [0.1, 0.15) is 35.9 Å². The maximum Gasteiger partial charge on any atom is 0.259 e. The third kappa shape index (κ3) is 6.70. The number of carbonyl (C=O) groups excluding carboxylic acids is 1. The summed E-state index contributed by atoms with van der Waals surface area (Å²) in [5.74, 6) is 0.765. The van der Waals surface area contributed by atoms with Crippen LogP contribution in [0.3, 0.4) is 0 Å². The van der Waals surface area contributed by atoms with Crippen molar-refractivity contribution in [1.82, 2.24) is 16.0 Å². The number of amidine groups is 1. The molecular formula is C30H33FN6O2S. The van der Waals surface area contributed by atoms with Crippen LogP contribution >= 0.6 is 11.3 Å². The summed E-state index contributed by atoms with van der Waals surface area (Å²) in [5.41, 5.74) is 15.5. The number of nitrogens with one attached hydrogen (secondary N) is 3. The van der Waals surface area contributed by atoms with Crippen LogP contribution in [0.15, 0.2) is 95.6 Å². The molecular weight excluding hydrogens is 527 g/mol. The van der Waals surface area contributed by atoms with Gasteiger partial charge >= 0.3 is 0 Å². The minimum Gasteiger partial charge on any atom is -0.493 e. The molecule has 0 saturated heterocycles. The third-order valence-corrected chi connectivity index (χ3v) is 7.39. The molecule has 0 saturated carbocycles. The molecule has 0 fully saturated rings. The van der Waals surface area contributed by atoms with Crippen LogP contribution in [-0.2, 0) is 16.1 Å². The van der Waals surface area contributed by atoms with Gasteiger partial charge in [-0.25, -0.2) is 9.38 Å². The number of thiophene rings is 1. The molecule has 0 unspecified atom stereocenters. The van der Waals surface area contributed by atoms with Crippen molar-refractivity contribution < 1.29 is 13.9 Å². The molecule has 1 atom stereocenters. The predicted octanol–water partition coefficient (Wildman–Crippen LogP) is 4.69. The highest BCUT2D eigenvalue weighted by atomic mass is 32.1.